The van der Waals surface area contributed by atoms with Crippen LogP contribution in [-0.4, -0.2) is 39.5 Å². The standard InChI is InChI=1S/C28H30F3NO5/c1-4-26(2,3)24-10-17-9-16(20(29)13-21(17)32(24)14-19(34)15-33)11-25(35)27(7-8-27)18-5-6-22-23(12-18)37-28(30,31)36-22/h5-6,9-10,12-13,19,33-34H,4,7-8,11,14-15H2,1-3H3/t19-/m0/s1/i2D3,7D2,8D2,14D2,15D2,19D/t19-,26?. The monoisotopic (exact) mass is 529 g/mol. The Morgan fingerprint density at radius 2 is 2.03 bits per heavy atom. The average Bonchev–Trinajstić information content (AvgIpc) is 3.26. The Labute approximate surface area is 229 Å². The van der Waals surface area contributed by atoms with Gasteiger partial charge in [-0.3, -0.25) is 4.79 Å². The molecule has 1 aliphatic heterocycles. The summed E-state index contributed by atoms with van der Waals surface area (Å²) in [7, 11) is 0. The van der Waals surface area contributed by atoms with Crippen molar-refractivity contribution in [2.24, 2.45) is 0 Å². The molecule has 0 saturated heterocycles. The number of alkyl halides is 2. The number of carbonyl (C=O) groups is 1. The summed E-state index contributed by atoms with van der Waals surface area (Å²) in [6.07, 6.45) is -15.2. The highest BCUT2D eigenvalue weighted by Crippen LogP contribution is 2.52. The third-order valence-corrected chi connectivity index (χ3v) is 6.54. The largest absolute Gasteiger partial charge is 0.586 e. The predicted molar refractivity (Wildman–Crippen MR) is 131 cm³/mol. The summed E-state index contributed by atoms with van der Waals surface area (Å²) in [5.41, 5.74) is -6.52. The number of carbonyl (C=O) groups excluding carboxylic acids is 1. The maximum absolute atomic E-state index is 15.9. The van der Waals surface area contributed by atoms with E-state index >= 15 is 4.39 Å². The molecule has 2 aromatic carbocycles. The number of halogens is 3. The van der Waals surface area contributed by atoms with Gasteiger partial charge in [-0.2, -0.15) is 0 Å². The summed E-state index contributed by atoms with van der Waals surface area (Å²) in [6, 6.07) is 5.42. The molecular weight excluding hydrogens is 487 g/mol. The van der Waals surface area contributed by atoms with Crippen molar-refractivity contribution in [3.05, 3.63) is 59.0 Å². The number of ether oxygens (including phenoxy) is 2. The van der Waals surface area contributed by atoms with Gasteiger partial charge in [-0.1, -0.05) is 26.8 Å². The summed E-state index contributed by atoms with van der Waals surface area (Å²) in [4.78, 5) is 13.9. The zero-order valence-electron chi connectivity index (χ0n) is 31.6. The van der Waals surface area contributed by atoms with Crippen LogP contribution in [0.2, 0.25) is 0 Å². The molecule has 1 aliphatic carbocycles. The number of rotatable bonds is 9. The van der Waals surface area contributed by atoms with E-state index in [1.165, 1.54) is 13.8 Å². The van der Waals surface area contributed by atoms with Crippen molar-refractivity contribution in [2.45, 2.75) is 76.0 Å². The van der Waals surface area contributed by atoms with Gasteiger partial charge in [0, 0.05) is 32.5 Å². The first kappa shape index (κ1) is 14.8. The molecule has 2 heterocycles. The lowest BCUT2D eigenvalue weighted by Gasteiger charge is -2.26. The zero-order valence-corrected chi connectivity index (χ0v) is 19.6. The van der Waals surface area contributed by atoms with Crippen LogP contribution in [0.15, 0.2) is 36.4 Å². The molecule has 37 heavy (non-hydrogen) atoms. The Morgan fingerprint density at radius 3 is 2.68 bits per heavy atom. The first-order chi connectivity index (χ1) is 22.0. The van der Waals surface area contributed by atoms with E-state index in [2.05, 4.69) is 9.47 Å². The lowest BCUT2D eigenvalue weighted by atomic mass is 9.86. The smallest absolute Gasteiger partial charge is 0.395 e. The molecule has 0 amide bonds. The number of benzene rings is 2. The number of nitrogens with zero attached hydrogens (tertiary/aromatic N) is 1. The summed E-state index contributed by atoms with van der Waals surface area (Å²) in [6.45, 7) is -7.88. The molecule has 1 unspecified atom stereocenters. The van der Waals surface area contributed by atoms with Crippen molar-refractivity contribution < 1.29 is 54.1 Å². The molecule has 1 aromatic heterocycles. The van der Waals surface area contributed by atoms with E-state index < -0.39 is 108 Å². The molecule has 2 aliphatic rings. The van der Waals surface area contributed by atoms with Gasteiger partial charge < -0.3 is 24.3 Å². The molecule has 198 valence electrons. The highest BCUT2D eigenvalue weighted by atomic mass is 19.3. The molecule has 1 saturated carbocycles. The summed E-state index contributed by atoms with van der Waals surface area (Å²) in [5, 5.41) is 20.4. The quantitative estimate of drug-likeness (QED) is 0.409. The van der Waals surface area contributed by atoms with Crippen molar-refractivity contribution in [3.8, 4) is 11.5 Å². The summed E-state index contributed by atoms with van der Waals surface area (Å²) >= 11 is 0. The van der Waals surface area contributed by atoms with Crippen molar-refractivity contribution in [2.75, 3.05) is 6.56 Å². The van der Waals surface area contributed by atoms with Crippen LogP contribution in [0.4, 0.5) is 13.2 Å². The van der Waals surface area contributed by atoms with Crippen LogP contribution in [0.1, 0.15) is 73.1 Å². The Balaban J connectivity index is 1.68. The molecular formula is C28H30F3NO5. The minimum atomic E-state index is -4.08. The molecule has 2 atom stereocenters. The van der Waals surface area contributed by atoms with E-state index in [0.717, 1.165) is 30.3 Å². The van der Waals surface area contributed by atoms with Crippen LogP contribution < -0.4 is 9.47 Å². The van der Waals surface area contributed by atoms with E-state index in [0.29, 0.717) is 10.6 Å². The normalized spacial score (nSPS) is 29.1. The maximum atomic E-state index is 15.9. The minimum Gasteiger partial charge on any atom is -0.395 e. The van der Waals surface area contributed by atoms with Crippen molar-refractivity contribution >= 4 is 16.7 Å². The van der Waals surface area contributed by atoms with Crippen molar-refractivity contribution in [1.82, 2.24) is 4.57 Å². The first-order valence-corrected chi connectivity index (χ1v) is 11.2. The summed E-state index contributed by atoms with van der Waals surface area (Å²) < 4.78 is 151. The Morgan fingerprint density at radius 1 is 1.30 bits per heavy atom. The Kier molecular flexibility index (Phi) is 3.50. The highest BCUT2D eigenvalue weighted by Gasteiger charge is 2.52. The van der Waals surface area contributed by atoms with E-state index in [4.69, 9.17) is 16.4 Å². The average molecular weight is 530 g/mol. The summed E-state index contributed by atoms with van der Waals surface area (Å²) in [5.74, 6) is -3.56. The van der Waals surface area contributed by atoms with Crippen LogP contribution in [0, 0.1) is 5.82 Å². The van der Waals surface area contributed by atoms with Gasteiger partial charge in [-0.25, -0.2) is 4.39 Å². The fourth-order valence-corrected chi connectivity index (χ4v) is 4.25. The Hall–Kier alpha value is -3.04. The van der Waals surface area contributed by atoms with Gasteiger partial charge in [0.1, 0.15) is 11.6 Å². The third-order valence-electron chi connectivity index (χ3n) is 6.54. The number of Topliss-reactive ketones (excluding diaryl/α,β-unsaturated/α-hetero) is 1. The molecule has 0 spiro atoms. The van der Waals surface area contributed by atoms with Crippen molar-refractivity contribution in [1.29, 1.82) is 0 Å². The fraction of sp³-hybridized carbons (Fsp3) is 0.464. The fourth-order valence-electron chi connectivity index (χ4n) is 4.25. The number of fused-ring (bicyclic) bond motifs is 2. The van der Waals surface area contributed by atoms with Gasteiger partial charge in [0.2, 0.25) is 0 Å². The zero-order chi connectivity index (χ0) is 37.3. The first-order valence-electron chi connectivity index (χ1n) is 17.2. The van der Waals surface area contributed by atoms with Crippen LogP contribution in [0.5, 0.6) is 11.5 Å². The van der Waals surface area contributed by atoms with Gasteiger partial charge in [-0.05, 0) is 60.6 Å². The number of ketones is 1. The van der Waals surface area contributed by atoms with E-state index in [1.54, 1.807) is 0 Å². The molecule has 2 N–H and O–H groups in total. The van der Waals surface area contributed by atoms with Crippen molar-refractivity contribution in [3.63, 3.8) is 0 Å². The molecule has 0 bridgehead atoms. The van der Waals surface area contributed by atoms with Crippen LogP contribution in [-0.2, 0) is 28.5 Å². The molecule has 3 aromatic rings. The predicted octanol–water partition coefficient (Wildman–Crippen LogP) is 4.99. The number of hydrogen-bond acceptors (Lipinski definition) is 5. The molecule has 0 radical (unpaired) electrons. The lowest BCUT2D eigenvalue weighted by molar-refractivity contribution is -0.286. The molecule has 5 rings (SSSR count). The van der Waals surface area contributed by atoms with E-state index in [9.17, 15) is 23.8 Å². The number of aromatic nitrogens is 1. The second-order valence-electron chi connectivity index (χ2n) is 9.05. The molecule has 1 fully saturated rings. The van der Waals surface area contributed by atoms with E-state index in [-0.39, 0.29) is 11.8 Å². The van der Waals surface area contributed by atoms with Crippen LogP contribution in [0.25, 0.3) is 10.9 Å². The van der Waals surface area contributed by atoms with Gasteiger partial charge >= 0.3 is 6.29 Å². The molecule has 6 nitrogen and oxygen atoms in total. The Bertz CT molecular complexity index is 1860. The van der Waals surface area contributed by atoms with Crippen LogP contribution >= 0.6 is 0 Å². The third kappa shape index (κ3) is 4.48. The molecule has 9 heteroatoms. The second-order valence-corrected chi connectivity index (χ2v) is 9.05. The maximum Gasteiger partial charge on any atom is 0.586 e. The van der Waals surface area contributed by atoms with Gasteiger partial charge in [0.05, 0.1) is 36.9 Å². The number of aliphatic hydroxyl groups is 2. The highest BCUT2D eigenvalue weighted by molar-refractivity contribution is 5.95. The van der Waals surface area contributed by atoms with Gasteiger partial charge in [0.25, 0.3) is 0 Å². The topological polar surface area (TPSA) is 80.9 Å². The van der Waals surface area contributed by atoms with Gasteiger partial charge in [0.15, 0.2) is 11.5 Å². The van der Waals surface area contributed by atoms with E-state index in [1.807, 2.05) is 0 Å². The van der Waals surface area contributed by atoms with Gasteiger partial charge in [-0.15, -0.1) is 8.78 Å². The minimum absolute atomic E-state index is 0.178. The SMILES string of the molecule is [2H]C([2H])([2H])C(C)(CC)c1cc2cc(CC(=O)C3(c4ccc5c(c4)OC(F)(F)O5)C([2H])([2H])C3([2H])[2H])c(F)cc2n1C([2H])([2H])[C@]([2H])(O)C([2H])([2H])O. The number of hydrogen-bond donors (Lipinski definition) is 2. The lowest BCUT2D eigenvalue weighted by Crippen LogP contribution is -2.26. The van der Waals surface area contributed by atoms with Crippen LogP contribution in [0.3, 0.4) is 0 Å². The second kappa shape index (κ2) is 8.77.